The number of carbonyl (C=O) groups excluding carboxylic acids is 2. The van der Waals surface area contributed by atoms with Crippen molar-refractivity contribution in [2.24, 2.45) is 0 Å². The zero-order valence-corrected chi connectivity index (χ0v) is 16.8. The van der Waals surface area contributed by atoms with Gasteiger partial charge in [0.2, 0.25) is 5.91 Å². The number of halogens is 1. The summed E-state index contributed by atoms with van der Waals surface area (Å²) in [5.41, 5.74) is 1.85. The summed E-state index contributed by atoms with van der Waals surface area (Å²) in [5, 5.41) is 2.92. The van der Waals surface area contributed by atoms with Crippen LogP contribution in [0, 0.1) is 5.82 Å². The molecule has 0 unspecified atom stereocenters. The lowest BCUT2D eigenvalue weighted by Gasteiger charge is -2.35. The Kier molecular flexibility index (Phi) is 6.82. The van der Waals surface area contributed by atoms with Crippen LogP contribution in [0.15, 0.2) is 42.5 Å². The van der Waals surface area contributed by atoms with Gasteiger partial charge in [-0.05, 0) is 42.8 Å². The van der Waals surface area contributed by atoms with E-state index in [1.807, 2.05) is 29.2 Å². The van der Waals surface area contributed by atoms with Crippen molar-refractivity contribution < 1.29 is 18.7 Å². The monoisotopic (exact) mass is 399 g/mol. The molecule has 154 valence electrons. The van der Waals surface area contributed by atoms with E-state index in [0.29, 0.717) is 50.5 Å². The van der Waals surface area contributed by atoms with Crippen LogP contribution in [0.2, 0.25) is 0 Å². The number of amides is 1. The van der Waals surface area contributed by atoms with Crippen LogP contribution in [0.5, 0.6) is 5.75 Å². The Morgan fingerprint density at radius 3 is 2.52 bits per heavy atom. The number of Topliss-reactive ketones (excluding diaryl/α,β-unsaturated/α-hetero) is 1. The largest absolute Gasteiger partial charge is 0.497 e. The predicted molar refractivity (Wildman–Crippen MR) is 110 cm³/mol. The zero-order chi connectivity index (χ0) is 20.8. The van der Waals surface area contributed by atoms with Gasteiger partial charge in [0.25, 0.3) is 0 Å². The van der Waals surface area contributed by atoms with Gasteiger partial charge in [0.05, 0.1) is 19.3 Å². The van der Waals surface area contributed by atoms with Crippen LogP contribution in [0.25, 0.3) is 0 Å². The summed E-state index contributed by atoms with van der Waals surface area (Å²) in [5.74, 6) is 0.178. The van der Waals surface area contributed by atoms with Crippen LogP contribution in [0.4, 0.5) is 10.1 Å². The molecule has 29 heavy (non-hydrogen) atoms. The maximum atomic E-state index is 14.3. The van der Waals surface area contributed by atoms with E-state index in [0.717, 1.165) is 11.3 Å². The van der Waals surface area contributed by atoms with E-state index in [1.165, 1.54) is 13.0 Å². The number of carbonyl (C=O) groups is 2. The van der Waals surface area contributed by atoms with Gasteiger partial charge in [0.1, 0.15) is 11.6 Å². The molecular formula is C22H26FN3O3. The third-order valence-electron chi connectivity index (χ3n) is 5.06. The van der Waals surface area contributed by atoms with Gasteiger partial charge < -0.3 is 15.0 Å². The first kappa shape index (κ1) is 20.8. The van der Waals surface area contributed by atoms with Crippen molar-refractivity contribution in [2.75, 3.05) is 44.7 Å². The van der Waals surface area contributed by atoms with Crippen molar-refractivity contribution in [1.82, 2.24) is 10.2 Å². The van der Waals surface area contributed by atoms with Crippen LogP contribution in [0.1, 0.15) is 22.8 Å². The van der Waals surface area contributed by atoms with Gasteiger partial charge in [-0.2, -0.15) is 0 Å². The second-order valence-corrected chi connectivity index (χ2v) is 7.11. The minimum absolute atomic E-state index is 0.0433. The fourth-order valence-corrected chi connectivity index (χ4v) is 3.37. The fraction of sp³-hybridized carbons (Fsp3) is 0.364. The average Bonchev–Trinajstić information content (AvgIpc) is 2.73. The number of piperazine rings is 1. The van der Waals surface area contributed by atoms with Gasteiger partial charge in [-0.25, -0.2) is 4.39 Å². The normalized spacial score (nSPS) is 14.5. The van der Waals surface area contributed by atoms with Crippen LogP contribution in [-0.2, 0) is 11.3 Å². The van der Waals surface area contributed by atoms with E-state index in [4.69, 9.17) is 4.74 Å². The number of methoxy groups -OCH3 is 1. The van der Waals surface area contributed by atoms with Crippen LogP contribution < -0.4 is 15.0 Å². The minimum atomic E-state index is -0.387. The molecule has 0 radical (unpaired) electrons. The van der Waals surface area contributed by atoms with Gasteiger partial charge >= 0.3 is 0 Å². The van der Waals surface area contributed by atoms with E-state index in [-0.39, 0.29) is 17.5 Å². The molecule has 1 saturated heterocycles. The number of ether oxygens (including phenoxy) is 1. The number of nitrogens with zero attached hydrogens (tertiary/aromatic N) is 2. The standard InChI is InChI=1S/C22H26FN3O3/c1-16(27)18-6-7-21(20(23)13-18)26-10-8-25(9-11-26)15-22(28)24-14-17-4-3-5-19(12-17)29-2/h3-7,12-13H,8-11,14-15H2,1-2H3,(H,24,28). The first-order chi connectivity index (χ1) is 14.0. The molecule has 7 heteroatoms. The lowest BCUT2D eigenvalue weighted by molar-refractivity contribution is -0.122. The van der Waals surface area contributed by atoms with E-state index in [1.54, 1.807) is 19.2 Å². The Morgan fingerprint density at radius 1 is 1.10 bits per heavy atom. The highest BCUT2D eigenvalue weighted by Crippen LogP contribution is 2.22. The molecule has 0 atom stereocenters. The number of nitrogens with one attached hydrogen (secondary N) is 1. The molecule has 0 bridgehead atoms. The van der Waals surface area contributed by atoms with Gasteiger partial charge in [-0.15, -0.1) is 0 Å². The number of rotatable bonds is 7. The van der Waals surface area contributed by atoms with Crippen molar-refractivity contribution in [3.05, 3.63) is 59.4 Å². The first-order valence-electron chi connectivity index (χ1n) is 9.63. The lowest BCUT2D eigenvalue weighted by Crippen LogP contribution is -2.49. The molecule has 2 aromatic carbocycles. The number of benzene rings is 2. The lowest BCUT2D eigenvalue weighted by atomic mass is 10.1. The number of hydrogen-bond acceptors (Lipinski definition) is 5. The summed E-state index contributed by atoms with van der Waals surface area (Å²) in [4.78, 5) is 27.6. The molecule has 0 aliphatic carbocycles. The molecule has 1 fully saturated rings. The smallest absolute Gasteiger partial charge is 0.234 e. The SMILES string of the molecule is COc1cccc(CNC(=O)CN2CCN(c3ccc(C(C)=O)cc3F)CC2)c1. The molecule has 1 N–H and O–H groups in total. The Hall–Kier alpha value is -2.93. The molecule has 0 aromatic heterocycles. The highest BCUT2D eigenvalue weighted by Gasteiger charge is 2.21. The second-order valence-electron chi connectivity index (χ2n) is 7.11. The summed E-state index contributed by atoms with van der Waals surface area (Å²) in [6.07, 6.45) is 0. The summed E-state index contributed by atoms with van der Waals surface area (Å²) >= 11 is 0. The molecule has 1 aliphatic rings. The minimum Gasteiger partial charge on any atom is -0.497 e. The number of ketones is 1. The van der Waals surface area contributed by atoms with E-state index in [2.05, 4.69) is 10.2 Å². The molecule has 1 heterocycles. The maximum absolute atomic E-state index is 14.3. The van der Waals surface area contributed by atoms with Crippen molar-refractivity contribution >= 4 is 17.4 Å². The molecular weight excluding hydrogens is 373 g/mol. The summed E-state index contributed by atoms with van der Waals surface area (Å²) in [7, 11) is 1.61. The Labute approximate surface area is 170 Å². The Morgan fingerprint density at radius 2 is 1.86 bits per heavy atom. The maximum Gasteiger partial charge on any atom is 0.234 e. The molecule has 6 nitrogen and oxygen atoms in total. The molecule has 0 spiro atoms. The van der Waals surface area contributed by atoms with Crippen molar-refractivity contribution in [2.45, 2.75) is 13.5 Å². The highest BCUT2D eigenvalue weighted by atomic mass is 19.1. The second kappa shape index (κ2) is 9.52. The van der Waals surface area contributed by atoms with Gasteiger partial charge in [0, 0.05) is 38.3 Å². The van der Waals surface area contributed by atoms with Gasteiger partial charge in [0.15, 0.2) is 5.78 Å². The summed E-state index contributed by atoms with van der Waals surface area (Å²) in [6, 6.07) is 12.2. The predicted octanol–water partition coefficient (Wildman–Crippen LogP) is 2.48. The Bertz CT molecular complexity index is 879. The topological polar surface area (TPSA) is 61.9 Å². The third kappa shape index (κ3) is 5.54. The fourth-order valence-electron chi connectivity index (χ4n) is 3.37. The highest BCUT2D eigenvalue weighted by molar-refractivity contribution is 5.94. The van der Waals surface area contributed by atoms with Crippen molar-refractivity contribution in [1.29, 1.82) is 0 Å². The van der Waals surface area contributed by atoms with Gasteiger partial charge in [-0.3, -0.25) is 14.5 Å². The van der Waals surface area contributed by atoms with E-state index in [9.17, 15) is 14.0 Å². The van der Waals surface area contributed by atoms with E-state index >= 15 is 0 Å². The van der Waals surface area contributed by atoms with Crippen LogP contribution in [-0.4, -0.2) is 56.4 Å². The summed E-state index contributed by atoms with van der Waals surface area (Å²) in [6.45, 7) is 4.76. The zero-order valence-electron chi connectivity index (χ0n) is 16.8. The molecule has 1 amide bonds. The van der Waals surface area contributed by atoms with Crippen LogP contribution >= 0.6 is 0 Å². The van der Waals surface area contributed by atoms with Crippen LogP contribution in [0.3, 0.4) is 0 Å². The molecule has 2 aromatic rings. The quantitative estimate of drug-likeness (QED) is 0.725. The molecule has 1 aliphatic heterocycles. The van der Waals surface area contributed by atoms with Crippen molar-refractivity contribution in [3.63, 3.8) is 0 Å². The third-order valence-corrected chi connectivity index (χ3v) is 5.06. The molecule has 3 rings (SSSR count). The first-order valence-corrected chi connectivity index (χ1v) is 9.63. The number of hydrogen-bond donors (Lipinski definition) is 1. The molecule has 0 saturated carbocycles. The van der Waals surface area contributed by atoms with Crippen molar-refractivity contribution in [3.8, 4) is 5.75 Å². The number of anilines is 1. The van der Waals surface area contributed by atoms with E-state index < -0.39 is 0 Å². The Balaban J connectivity index is 1.47. The summed E-state index contributed by atoms with van der Waals surface area (Å²) < 4.78 is 19.5. The average molecular weight is 399 g/mol. The van der Waals surface area contributed by atoms with Gasteiger partial charge in [-0.1, -0.05) is 12.1 Å².